The molecule has 0 saturated carbocycles. The Kier molecular flexibility index (Phi) is 4.21. The third kappa shape index (κ3) is 3.24. The molecule has 1 aromatic carbocycles. The number of hydrogen-bond donors (Lipinski definition) is 2. The van der Waals surface area contributed by atoms with E-state index in [4.69, 9.17) is 10.5 Å². The average Bonchev–Trinajstić information content (AvgIpc) is 2.89. The Balaban J connectivity index is 2.19. The van der Waals surface area contributed by atoms with Crippen LogP contribution < -0.4 is 10.5 Å². The third-order valence-electron chi connectivity index (χ3n) is 3.08. The van der Waals surface area contributed by atoms with Crippen molar-refractivity contribution < 1.29 is 18.1 Å². The quantitative estimate of drug-likeness (QED) is 0.463. The summed E-state index contributed by atoms with van der Waals surface area (Å²) in [7, 11) is -3.87. The zero-order valence-electron chi connectivity index (χ0n) is 10.6. The topological polar surface area (TPSA) is 125 Å². The molecule has 1 atom stereocenters. The normalized spacial score (nSPS) is 19.1. The van der Waals surface area contributed by atoms with Gasteiger partial charge in [-0.3, -0.25) is 10.1 Å². The van der Waals surface area contributed by atoms with Gasteiger partial charge in [0.2, 0.25) is 10.0 Å². The minimum absolute atomic E-state index is 0.0224. The van der Waals surface area contributed by atoms with Crippen molar-refractivity contribution >= 4 is 21.4 Å². The van der Waals surface area contributed by atoms with Crippen molar-refractivity contribution in [3.05, 3.63) is 28.3 Å². The monoisotopic (exact) mass is 301 g/mol. The number of nitro groups is 1. The molecule has 0 aromatic heterocycles. The van der Waals surface area contributed by atoms with E-state index in [9.17, 15) is 18.5 Å². The first-order valence-corrected chi connectivity index (χ1v) is 7.50. The number of hydrogen-bond acceptors (Lipinski definition) is 6. The number of nitrogens with one attached hydrogen (secondary N) is 1. The van der Waals surface area contributed by atoms with Gasteiger partial charge in [0.25, 0.3) is 5.69 Å². The molecular weight excluding hydrogens is 286 g/mol. The summed E-state index contributed by atoms with van der Waals surface area (Å²) in [4.78, 5) is 9.76. The molecule has 0 amide bonds. The van der Waals surface area contributed by atoms with Crippen LogP contribution in [0, 0.1) is 16.0 Å². The lowest BCUT2D eigenvalue weighted by molar-refractivity contribution is -0.385. The van der Waals surface area contributed by atoms with Gasteiger partial charge < -0.3 is 10.5 Å². The van der Waals surface area contributed by atoms with Gasteiger partial charge in [-0.05, 0) is 18.4 Å². The molecule has 9 heteroatoms. The van der Waals surface area contributed by atoms with Crippen LogP contribution >= 0.6 is 0 Å². The maximum Gasteiger partial charge on any atom is 0.270 e. The van der Waals surface area contributed by atoms with Crippen molar-refractivity contribution in [1.29, 1.82) is 0 Å². The summed E-state index contributed by atoms with van der Waals surface area (Å²) in [6.45, 7) is 1.35. The standard InChI is InChI=1S/C11H15N3O5S/c12-10-2-1-9(14(15)16)5-11(10)20(17,18)13-6-8-3-4-19-7-8/h1-2,5,8,13H,3-4,6-7,12H2. The van der Waals surface area contributed by atoms with Crippen LogP contribution in [0.25, 0.3) is 0 Å². The molecule has 0 aliphatic carbocycles. The summed E-state index contributed by atoms with van der Waals surface area (Å²) >= 11 is 0. The van der Waals surface area contributed by atoms with Gasteiger partial charge in [-0.2, -0.15) is 0 Å². The van der Waals surface area contributed by atoms with E-state index in [0.717, 1.165) is 12.5 Å². The van der Waals surface area contributed by atoms with Gasteiger partial charge in [0, 0.05) is 25.3 Å². The third-order valence-corrected chi connectivity index (χ3v) is 4.56. The Morgan fingerprint density at radius 3 is 2.85 bits per heavy atom. The minimum Gasteiger partial charge on any atom is -0.398 e. The fourth-order valence-electron chi connectivity index (χ4n) is 1.92. The van der Waals surface area contributed by atoms with E-state index < -0.39 is 14.9 Å². The van der Waals surface area contributed by atoms with Crippen LogP contribution in [0.15, 0.2) is 23.1 Å². The second-order valence-corrected chi connectivity index (χ2v) is 6.30. The maximum absolute atomic E-state index is 12.1. The van der Waals surface area contributed by atoms with Gasteiger partial charge in [0.15, 0.2) is 0 Å². The van der Waals surface area contributed by atoms with E-state index in [2.05, 4.69) is 4.72 Å². The molecule has 1 fully saturated rings. The van der Waals surface area contributed by atoms with E-state index in [0.29, 0.717) is 13.2 Å². The van der Waals surface area contributed by atoms with Crippen LogP contribution in [0.5, 0.6) is 0 Å². The summed E-state index contributed by atoms with van der Waals surface area (Å²) in [5.74, 6) is 0.115. The number of sulfonamides is 1. The summed E-state index contributed by atoms with van der Waals surface area (Å²) in [5, 5.41) is 10.7. The predicted molar refractivity (Wildman–Crippen MR) is 71.6 cm³/mol. The highest BCUT2D eigenvalue weighted by atomic mass is 32.2. The summed E-state index contributed by atoms with van der Waals surface area (Å²) in [6.07, 6.45) is 0.785. The largest absolute Gasteiger partial charge is 0.398 e. The molecule has 0 radical (unpaired) electrons. The number of non-ortho nitro benzene ring substituents is 1. The van der Waals surface area contributed by atoms with Crippen molar-refractivity contribution in [2.75, 3.05) is 25.5 Å². The molecule has 1 aliphatic heterocycles. The summed E-state index contributed by atoms with van der Waals surface area (Å²) < 4.78 is 31.8. The highest BCUT2D eigenvalue weighted by Crippen LogP contribution is 2.24. The Bertz CT molecular complexity index is 610. The highest BCUT2D eigenvalue weighted by Gasteiger charge is 2.23. The first-order chi connectivity index (χ1) is 9.40. The van der Waals surface area contributed by atoms with Crippen molar-refractivity contribution in [3.8, 4) is 0 Å². The number of benzene rings is 1. The molecule has 20 heavy (non-hydrogen) atoms. The van der Waals surface area contributed by atoms with E-state index >= 15 is 0 Å². The Morgan fingerprint density at radius 2 is 2.25 bits per heavy atom. The maximum atomic E-state index is 12.1. The second-order valence-electron chi connectivity index (χ2n) is 4.56. The van der Waals surface area contributed by atoms with Crippen molar-refractivity contribution in [3.63, 3.8) is 0 Å². The second kappa shape index (κ2) is 5.73. The van der Waals surface area contributed by atoms with Gasteiger partial charge in [0.05, 0.1) is 17.2 Å². The van der Waals surface area contributed by atoms with Crippen LogP contribution in [0.3, 0.4) is 0 Å². The molecule has 3 N–H and O–H groups in total. The van der Waals surface area contributed by atoms with Gasteiger partial charge in [-0.1, -0.05) is 0 Å². The van der Waals surface area contributed by atoms with Crippen LogP contribution in [0.1, 0.15) is 6.42 Å². The minimum atomic E-state index is -3.87. The molecule has 1 aliphatic rings. The predicted octanol–water partition coefficient (Wildman–Crippen LogP) is 0.492. The van der Waals surface area contributed by atoms with Crippen molar-refractivity contribution in [2.45, 2.75) is 11.3 Å². The zero-order valence-corrected chi connectivity index (χ0v) is 11.4. The zero-order chi connectivity index (χ0) is 14.8. The molecule has 1 aromatic rings. The molecular formula is C11H15N3O5S. The van der Waals surface area contributed by atoms with E-state index in [1.807, 2.05) is 0 Å². The van der Waals surface area contributed by atoms with Crippen molar-refractivity contribution in [1.82, 2.24) is 4.72 Å². The number of anilines is 1. The highest BCUT2D eigenvalue weighted by molar-refractivity contribution is 7.89. The molecule has 0 bridgehead atoms. The fourth-order valence-corrected chi connectivity index (χ4v) is 3.18. The van der Waals surface area contributed by atoms with Gasteiger partial charge in [-0.25, -0.2) is 13.1 Å². The Labute approximate surface area is 116 Å². The summed E-state index contributed by atoms with van der Waals surface area (Å²) in [6, 6.07) is 3.34. The van der Waals surface area contributed by atoms with E-state index in [1.165, 1.54) is 12.1 Å². The summed E-state index contributed by atoms with van der Waals surface area (Å²) in [5.41, 5.74) is 5.25. The van der Waals surface area contributed by atoms with Crippen LogP contribution in [0.4, 0.5) is 11.4 Å². The number of nitro benzene ring substituents is 1. The number of rotatable bonds is 5. The lowest BCUT2D eigenvalue weighted by atomic mass is 10.1. The molecule has 1 heterocycles. The lowest BCUT2D eigenvalue weighted by Crippen LogP contribution is -2.30. The lowest BCUT2D eigenvalue weighted by Gasteiger charge is -2.11. The number of nitrogens with zero attached hydrogens (tertiary/aromatic N) is 1. The first kappa shape index (κ1) is 14.7. The Hall–Kier alpha value is -1.71. The number of nitrogen functional groups attached to an aromatic ring is 1. The smallest absolute Gasteiger partial charge is 0.270 e. The molecule has 1 saturated heterocycles. The van der Waals surface area contributed by atoms with E-state index in [1.54, 1.807) is 0 Å². The molecule has 2 rings (SSSR count). The van der Waals surface area contributed by atoms with E-state index in [-0.39, 0.29) is 28.7 Å². The molecule has 0 spiro atoms. The van der Waals surface area contributed by atoms with Crippen molar-refractivity contribution in [2.24, 2.45) is 5.92 Å². The molecule has 110 valence electrons. The van der Waals surface area contributed by atoms with Gasteiger partial charge >= 0.3 is 0 Å². The Morgan fingerprint density at radius 1 is 1.50 bits per heavy atom. The average molecular weight is 301 g/mol. The fraction of sp³-hybridized carbons (Fsp3) is 0.455. The van der Waals surface area contributed by atoms with Gasteiger partial charge in [-0.15, -0.1) is 0 Å². The van der Waals surface area contributed by atoms with Crippen LogP contribution in [-0.2, 0) is 14.8 Å². The SMILES string of the molecule is Nc1ccc([N+](=O)[O-])cc1S(=O)(=O)NCC1CCOC1. The molecule has 1 unspecified atom stereocenters. The van der Waals surface area contributed by atoms with Crippen LogP contribution in [0.2, 0.25) is 0 Å². The number of ether oxygens (including phenoxy) is 1. The van der Waals surface area contributed by atoms with Gasteiger partial charge in [0.1, 0.15) is 4.90 Å². The first-order valence-electron chi connectivity index (χ1n) is 6.01. The molecule has 8 nitrogen and oxygen atoms in total. The number of nitrogens with two attached hydrogens (primary N) is 1. The van der Waals surface area contributed by atoms with Crippen LogP contribution in [-0.4, -0.2) is 33.1 Å².